The van der Waals surface area contributed by atoms with Gasteiger partial charge in [-0.3, -0.25) is 14.5 Å². The molecular weight excluding hydrogens is 586 g/mol. The minimum atomic E-state index is -4.77. The van der Waals surface area contributed by atoms with Crippen molar-refractivity contribution in [3.05, 3.63) is 113 Å². The van der Waals surface area contributed by atoms with Crippen LogP contribution in [0, 0.1) is 17.5 Å². The van der Waals surface area contributed by atoms with Gasteiger partial charge in [0.2, 0.25) is 0 Å². The molecule has 0 saturated carbocycles. The molecule has 6 nitrogen and oxygen atoms in total. The fraction of sp³-hybridized carbons (Fsp3) is 0.281. The Kier molecular flexibility index (Phi) is 8.64. The van der Waals surface area contributed by atoms with E-state index in [9.17, 15) is 36.2 Å². The highest BCUT2D eigenvalue weighted by Gasteiger charge is 2.41. The predicted octanol–water partition coefficient (Wildman–Crippen LogP) is 6.15. The second-order valence-corrected chi connectivity index (χ2v) is 10.9. The number of alkyl halides is 3. The van der Waals surface area contributed by atoms with Gasteiger partial charge in [0.15, 0.2) is 11.5 Å². The van der Waals surface area contributed by atoms with Crippen LogP contribution in [0.3, 0.4) is 0 Å². The summed E-state index contributed by atoms with van der Waals surface area (Å²) in [7, 11) is 0. The summed E-state index contributed by atoms with van der Waals surface area (Å²) in [6.45, 7) is 3.11. The van der Waals surface area contributed by atoms with Gasteiger partial charge in [0.05, 0.1) is 18.3 Å². The fourth-order valence-electron chi connectivity index (χ4n) is 5.74. The van der Waals surface area contributed by atoms with Crippen LogP contribution in [0.1, 0.15) is 52.5 Å². The Morgan fingerprint density at radius 2 is 1.84 bits per heavy atom. The number of aromatic nitrogens is 3. The lowest BCUT2D eigenvalue weighted by molar-refractivity contribution is -0.142. The molecule has 0 spiro atoms. The average molecular weight is 615 g/mol. The average Bonchev–Trinajstić information content (AvgIpc) is 3.30. The molecule has 230 valence electrons. The molecule has 12 heteroatoms. The number of aliphatic hydroxyl groups excluding tert-OH is 1. The van der Waals surface area contributed by atoms with E-state index in [4.69, 9.17) is 5.73 Å². The molecule has 44 heavy (non-hydrogen) atoms. The number of pyridine rings is 1. The number of nitrogens with zero attached hydrogens (tertiary/aromatic N) is 3. The molecule has 2 atom stereocenters. The van der Waals surface area contributed by atoms with E-state index in [1.54, 1.807) is 12.1 Å². The smallest absolute Gasteiger partial charge is 0.399 e. The third-order valence-electron chi connectivity index (χ3n) is 7.64. The van der Waals surface area contributed by atoms with Crippen LogP contribution in [0.25, 0.3) is 16.8 Å². The number of halogens is 6. The number of fused-ring (bicyclic) bond motifs is 1. The standard InChI is InChI=1S/C32H28F6N4O2/c1-17(39)26-13-19(4-6-28(26)35)25-3-2-8-40-30(25)20(9-18-10-21(33)14-22(34)11-18)12-24(44)16-42-29-7-5-23(43)15-27(29)31(41-42)32(36,37)38/h2-4,6,8,10-11,13-14,20,23,43H,1,5,7,9,12,15-16,39H2/t20-,23-/m1/s1. The van der Waals surface area contributed by atoms with Crippen molar-refractivity contribution in [2.45, 2.75) is 56.8 Å². The molecule has 0 bridgehead atoms. The van der Waals surface area contributed by atoms with E-state index in [0.29, 0.717) is 22.9 Å². The van der Waals surface area contributed by atoms with Crippen molar-refractivity contribution < 1.29 is 36.2 Å². The number of benzene rings is 2. The molecule has 0 amide bonds. The summed E-state index contributed by atoms with van der Waals surface area (Å²) in [6, 6.07) is 10.5. The van der Waals surface area contributed by atoms with Gasteiger partial charge in [-0.15, -0.1) is 0 Å². The predicted molar refractivity (Wildman–Crippen MR) is 151 cm³/mol. The first kappa shape index (κ1) is 31.0. The van der Waals surface area contributed by atoms with Gasteiger partial charge in [0.1, 0.15) is 17.5 Å². The number of rotatable bonds is 9. The van der Waals surface area contributed by atoms with E-state index < -0.39 is 53.7 Å². The maximum absolute atomic E-state index is 14.4. The Morgan fingerprint density at radius 1 is 1.11 bits per heavy atom. The molecule has 1 aliphatic carbocycles. The maximum Gasteiger partial charge on any atom is 0.435 e. The van der Waals surface area contributed by atoms with Crippen LogP contribution in [-0.4, -0.2) is 31.8 Å². The molecule has 0 fully saturated rings. The van der Waals surface area contributed by atoms with Gasteiger partial charge >= 0.3 is 6.18 Å². The summed E-state index contributed by atoms with van der Waals surface area (Å²) in [5, 5.41) is 13.7. The lowest BCUT2D eigenvalue weighted by Crippen LogP contribution is -2.23. The molecule has 0 aliphatic heterocycles. The van der Waals surface area contributed by atoms with Crippen molar-refractivity contribution in [2.24, 2.45) is 5.73 Å². The van der Waals surface area contributed by atoms with Crippen LogP contribution in [0.5, 0.6) is 0 Å². The summed E-state index contributed by atoms with van der Waals surface area (Å²) < 4.78 is 84.9. The Labute approximate surface area is 248 Å². The lowest BCUT2D eigenvalue weighted by atomic mass is 9.86. The number of aliphatic hydroxyl groups is 1. The van der Waals surface area contributed by atoms with Crippen LogP contribution in [-0.2, 0) is 36.8 Å². The molecule has 0 radical (unpaired) electrons. The van der Waals surface area contributed by atoms with Crippen LogP contribution < -0.4 is 5.73 Å². The molecule has 0 saturated heterocycles. The van der Waals surface area contributed by atoms with Gasteiger partial charge < -0.3 is 10.8 Å². The highest BCUT2D eigenvalue weighted by atomic mass is 19.4. The quantitative estimate of drug-likeness (QED) is 0.221. The summed E-state index contributed by atoms with van der Waals surface area (Å²) in [6.07, 6.45) is -4.44. The van der Waals surface area contributed by atoms with E-state index in [2.05, 4.69) is 16.7 Å². The zero-order chi connectivity index (χ0) is 31.8. The summed E-state index contributed by atoms with van der Waals surface area (Å²) >= 11 is 0. The van der Waals surface area contributed by atoms with Crippen molar-refractivity contribution in [2.75, 3.05) is 0 Å². The largest absolute Gasteiger partial charge is 0.435 e. The Hall–Kier alpha value is -4.45. The number of carbonyl (C=O) groups excluding carboxylic acids is 1. The van der Waals surface area contributed by atoms with Crippen molar-refractivity contribution in [1.29, 1.82) is 0 Å². The van der Waals surface area contributed by atoms with Crippen molar-refractivity contribution >= 4 is 11.5 Å². The minimum absolute atomic E-state index is 0.00921. The molecule has 2 aromatic carbocycles. The summed E-state index contributed by atoms with van der Waals surface area (Å²) in [4.78, 5) is 18.0. The fourth-order valence-corrected chi connectivity index (χ4v) is 5.74. The number of nitrogens with two attached hydrogens (primary N) is 1. The molecule has 1 aliphatic rings. The Morgan fingerprint density at radius 3 is 2.52 bits per heavy atom. The highest BCUT2D eigenvalue weighted by Crippen LogP contribution is 2.37. The first-order chi connectivity index (χ1) is 20.8. The number of carbonyl (C=O) groups is 1. The zero-order valence-corrected chi connectivity index (χ0v) is 23.3. The first-order valence-electron chi connectivity index (χ1n) is 13.8. The molecular formula is C32H28F6N4O2. The first-order valence-corrected chi connectivity index (χ1v) is 13.8. The lowest BCUT2D eigenvalue weighted by Gasteiger charge is -2.21. The SMILES string of the molecule is C=C(N)c1cc(-c2cccnc2[C@@H](CC(=O)Cn2nc(C(F)(F)F)c3c2CC[C@@H](O)C3)Cc2cc(F)cc(F)c2)ccc1F. The number of Topliss-reactive ketones (excluding diaryl/α,β-unsaturated/α-hetero) is 1. The van der Waals surface area contributed by atoms with E-state index in [-0.39, 0.29) is 60.2 Å². The van der Waals surface area contributed by atoms with E-state index in [0.717, 1.165) is 16.8 Å². The van der Waals surface area contributed by atoms with Crippen LogP contribution in [0.15, 0.2) is 61.3 Å². The van der Waals surface area contributed by atoms with Gasteiger partial charge in [-0.1, -0.05) is 18.7 Å². The molecule has 3 N–H and O–H groups in total. The molecule has 0 unspecified atom stereocenters. The highest BCUT2D eigenvalue weighted by molar-refractivity contribution is 5.80. The third-order valence-corrected chi connectivity index (χ3v) is 7.64. The number of ketones is 1. The van der Waals surface area contributed by atoms with E-state index >= 15 is 0 Å². The molecule has 2 aromatic heterocycles. The van der Waals surface area contributed by atoms with Gasteiger partial charge in [0.25, 0.3) is 0 Å². The van der Waals surface area contributed by atoms with Crippen LogP contribution in [0.4, 0.5) is 26.3 Å². The minimum Gasteiger partial charge on any atom is -0.399 e. The van der Waals surface area contributed by atoms with Crippen molar-refractivity contribution in [1.82, 2.24) is 14.8 Å². The monoisotopic (exact) mass is 614 g/mol. The number of hydrogen-bond donors (Lipinski definition) is 2. The van der Waals surface area contributed by atoms with Crippen LogP contribution in [0.2, 0.25) is 0 Å². The van der Waals surface area contributed by atoms with E-state index in [1.807, 2.05) is 0 Å². The normalized spacial score (nSPS) is 15.6. The van der Waals surface area contributed by atoms with Gasteiger partial charge in [-0.2, -0.15) is 18.3 Å². The van der Waals surface area contributed by atoms with Gasteiger partial charge in [0, 0.05) is 59.1 Å². The van der Waals surface area contributed by atoms with Gasteiger partial charge in [-0.25, -0.2) is 13.2 Å². The zero-order valence-electron chi connectivity index (χ0n) is 23.3. The molecule has 5 rings (SSSR count). The molecule has 4 aromatic rings. The number of hydrogen-bond acceptors (Lipinski definition) is 5. The topological polar surface area (TPSA) is 94.0 Å². The van der Waals surface area contributed by atoms with Crippen molar-refractivity contribution in [3.8, 4) is 11.1 Å². The van der Waals surface area contributed by atoms with Crippen LogP contribution >= 0.6 is 0 Å². The second-order valence-electron chi connectivity index (χ2n) is 10.9. The Balaban J connectivity index is 1.52. The third kappa shape index (κ3) is 6.70. The maximum atomic E-state index is 14.4. The molecule has 2 heterocycles. The van der Waals surface area contributed by atoms with Gasteiger partial charge in [-0.05, 0) is 60.7 Å². The summed E-state index contributed by atoms with van der Waals surface area (Å²) in [5.41, 5.74) is 6.36. The van der Waals surface area contributed by atoms with E-state index in [1.165, 1.54) is 24.4 Å². The van der Waals surface area contributed by atoms with Crippen molar-refractivity contribution in [3.63, 3.8) is 0 Å². The summed E-state index contributed by atoms with van der Waals surface area (Å²) in [5.74, 6) is -3.52. The second kappa shape index (κ2) is 12.3. The Bertz CT molecular complexity index is 1710.